The van der Waals surface area contributed by atoms with Crippen molar-refractivity contribution in [1.29, 1.82) is 0 Å². The van der Waals surface area contributed by atoms with Gasteiger partial charge in [-0.3, -0.25) is 9.20 Å². The van der Waals surface area contributed by atoms with Crippen molar-refractivity contribution < 1.29 is 4.79 Å². The minimum absolute atomic E-state index is 0.181. The number of benzene rings is 2. The average Bonchev–Trinajstić information content (AvgIpc) is 3.02. The van der Waals surface area contributed by atoms with Gasteiger partial charge < -0.3 is 5.32 Å². The molecular weight excluding hydrogens is 358 g/mol. The van der Waals surface area contributed by atoms with Crippen LogP contribution < -0.4 is 5.32 Å². The van der Waals surface area contributed by atoms with Crippen LogP contribution >= 0.6 is 11.6 Å². The molecule has 5 heteroatoms. The number of aryl methyl sites for hydroxylation is 1. The maximum absolute atomic E-state index is 13.2. The van der Waals surface area contributed by atoms with Crippen LogP contribution in [0.5, 0.6) is 0 Å². The molecular formula is C22H18ClN3O. The van der Waals surface area contributed by atoms with Gasteiger partial charge in [0.25, 0.3) is 5.91 Å². The first-order chi connectivity index (χ1) is 13.1. The molecule has 2 heterocycles. The number of amides is 1. The largest absolute Gasteiger partial charge is 0.340 e. The number of fused-ring (bicyclic) bond motifs is 1. The van der Waals surface area contributed by atoms with Gasteiger partial charge in [-0.25, -0.2) is 4.98 Å². The first kappa shape index (κ1) is 17.3. The second-order valence-electron chi connectivity index (χ2n) is 6.35. The molecule has 0 fully saturated rings. The summed E-state index contributed by atoms with van der Waals surface area (Å²) >= 11 is 6.05. The van der Waals surface area contributed by atoms with Gasteiger partial charge >= 0.3 is 0 Å². The number of pyridine rings is 1. The number of rotatable bonds is 4. The van der Waals surface area contributed by atoms with Crippen LogP contribution in [0, 0.1) is 6.92 Å². The summed E-state index contributed by atoms with van der Waals surface area (Å²) in [5, 5.41) is 3.76. The first-order valence-corrected chi connectivity index (χ1v) is 9.06. The Kier molecular flexibility index (Phi) is 4.65. The minimum atomic E-state index is -0.253. The normalized spacial score (nSPS) is 11.1. The Bertz CT molecular complexity index is 1050. The van der Waals surface area contributed by atoms with Gasteiger partial charge in [0.15, 0.2) is 0 Å². The molecule has 4 nitrogen and oxygen atoms in total. The van der Waals surface area contributed by atoms with Crippen LogP contribution in [0.4, 0.5) is 0 Å². The van der Waals surface area contributed by atoms with Gasteiger partial charge in [-0.15, -0.1) is 0 Å². The second kappa shape index (κ2) is 7.25. The Balaban J connectivity index is 1.74. The van der Waals surface area contributed by atoms with Crippen LogP contribution in [-0.2, 0) is 0 Å². The predicted octanol–water partition coefficient (Wildman–Crippen LogP) is 4.82. The van der Waals surface area contributed by atoms with Crippen LogP contribution in [0.25, 0.3) is 5.65 Å². The van der Waals surface area contributed by atoms with Crippen molar-refractivity contribution in [3.8, 4) is 0 Å². The number of aromatic nitrogens is 2. The maximum atomic E-state index is 13.2. The summed E-state index contributed by atoms with van der Waals surface area (Å²) < 4.78 is 1.77. The van der Waals surface area contributed by atoms with Gasteiger partial charge in [0, 0.05) is 17.3 Å². The van der Waals surface area contributed by atoms with Crippen molar-refractivity contribution in [1.82, 2.24) is 14.7 Å². The zero-order valence-electron chi connectivity index (χ0n) is 14.8. The lowest BCUT2D eigenvalue weighted by molar-refractivity contribution is 0.0936. The van der Waals surface area contributed by atoms with Crippen molar-refractivity contribution in [3.05, 3.63) is 107 Å². The molecule has 27 heavy (non-hydrogen) atoms. The van der Waals surface area contributed by atoms with Gasteiger partial charge in [0.05, 0.1) is 11.7 Å². The van der Waals surface area contributed by atoms with Gasteiger partial charge in [-0.1, -0.05) is 72.3 Å². The van der Waals surface area contributed by atoms with Crippen molar-refractivity contribution >= 4 is 23.2 Å². The molecule has 0 unspecified atom stereocenters. The lowest BCUT2D eigenvalue weighted by Gasteiger charge is -2.20. The van der Waals surface area contributed by atoms with Gasteiger partial charge in [-0.2, -0.15) is 0 Å². The summed E-state index contributed by atoms with van der Waals surface area (Å²) in [7, 11) is 0. The Labute approximate surface area is 162 Å². The van der Waals surface area contributed by atoms with Crippen LogP contribution in [0.1, 0.15) is 33.4 Å². The van der Waals surface area contributed by atoms with Crippen molar-refractivity contribution in [3.63, 3.8) is 0 Å². The fourth-order valence-electron chi connectivity index (χ4n) is 3.26. The van der Waals surface area contributed by atoms with E-state index in [1.54, 1.807) is 22.7 Å². The Morgan fingerprint density at radius 2 is 1.59 bits per heavy atom. The topological polar surface area (TPSA) is 46.4 Å². The molecule has 0 atom stereocenters. The third-order valence-corrected chi connectivity index (χ3v) is 4.75. The molecule has 0 bridgehead atoms. The zero-order chi connectivity index (χ0) is 18.8. The average molecular weight is 376 g/mol. The highest BCUT2D eigenvalue weighted by molar-refractivity contribution is 6.30. The molecule has 4 aromatic rings. The van der Waals surface area contributed by atoms with E-state index in [0.29, 0.717) is 22.1 Å². The van der Waals surface area contributed by atoms with Crippen LogP contribution in [0.3, 0.4) is 0 Å². The minimum Gasteiger partial charge on any atom is -0.340 e. The molecule has 4 rings (SSSR count). The molecule has 0 aliphatic carbocycles. The molecule has 0 aliphatic rings. The molecule has 1 N–H and O–H groups in total. The molecule has 1 amide bonds. The monoisotopic (exact) mass is 375 g/mol. The number of nitrogens with one attached hydrogen (secondary N) is 1. The van der Waals surface area contributed by atoms with Crippen LogP contribution in [-0.4, -0.2) is 15.3 Å². The highest BCUT2D eigenvalue weighted by Gasteiger charge is 2.22. The summed E-state index contributed by atoms with van der Waals surface area (Å²) in [4.78, 5) is 17.6. The molecule has 2 aromatic heterocycles. The number of carbonyl (C=O) groups is 1. The van der Waals surface area contributed by atoms with E-state index in [1.807, 2.05) is 67.6 Å². The molecule has 0 saturated carbocycles. The van der Waals surface area contributed by atoms with Crippen molar-refractivity contribution in [2.24, 2.45) is 0 Å². The van der Waals surface area contributed by atoms with Gasteiger partial charge in [0.2, 0.25) is 0 Å². The fraction of sp³-hybridized carbons (Fsp3) is 0.0909. The molecule has 0 spiro atoms. The van der Waals surface area contributed by atoms with Crippen LogP contribution in [0.15, 0.2) is 79.0 Å². The Hall–Kier alpha value is -3.11. The van der Waals surface area contributed by atoms with Crippen LogP contribution in [0.2, 0.25) is 5.02 Å². The van der Waals surface area contributed by atoms with E-state index in [9.17, 15) is 4.79 Å². The van der Waals surface area contributed by atoms with E-state index in [4.69, 9.17) is 11.6 Å². The lowest BCUT2D eigenvalue weighted by atomic mass is 9.98. The number of hydrogen-bond donors (Lipinski definition) is 1. The van der Waals surface area contributed by atoms with E-state index in [-0.39, 0.29) is 11.9 Å². The quantitative estimate of drug-likeness (QED) is 0.556. The lowest BCUT2D eigenvalue weighted by Crippen LogP contribution is -2.30. The van der Waals surface area contributed by atoms with Gasteiger partial charge in [0.1, 0.15) is 11.3 Å². The highest BCUT2D eigenvalue weighted by Crippen LogP contribution is 2.23. The summed E-state index contributed by atoms with van der Waals surface area (Å²) in [6.07, 6.45) is 1.77. The summed E-state index contributed by atoms with van der Waals surface area (Å²) in [6, 6.07) is 23.1. The molecule has 134 valence electrons. The summed E-state index contributed by atoms with van der Waals surface area (Å²) in [5.41, 5.74) is 3.87. The number of halogens is 1. The SMILES string of the molecule is Cc1nc2cc(Cl)ccn2c1C(=O)NC(c1ccccc1)c1ccccc1. The van der Waals surface area contributed by atoms with Crippen molar-refractivity contribution in [2.75, 3.05) is 0 Å². The number of carbonyl (C=O) groups excluding carboxylic acids is 1. The van der Waals surface area contributed by atoms with Gasteiger partial charge in [-0.05, 0) is 24.1 Å². The molecule has 0 radical (unpaired) electrons. The molecule has 0 saturated heterocycles. The zero-order valence-corrected chi connectivity index (χ0v) is 15.5. The van der Waals surface area contributed by atoms with E-state index in [0.717, 1.165) is 11.1 Å². The molecule has 2 aromatic carbocycles. The second-order valence-corrected chi connectivity index (χ2v) is 6.78. The summed E-state index contributed by atoms with van der Waals surface area (Å²) in [6.45, 7) is 1.83. The number of hydrogen-bond acceptors (Lipinski definition) is 2. The third-order valence-electron chi connectivity index (χ3n) is 4.52. The maximum Gasteiger partial charge on any atom is 0.270 e. The smallest absolute Gasteiger partial charge is 0.270 e. The van der Waals surface area contributed by atoms with E-state index < -0.39 is 0 Å². The van der Waals surface area contributed by atoms with E-state index >= 15 is 0 Å². The molecule has 0 aliphatic heterocycles. The fourth-order valence-corrected chi connectivity index (χ4v) is 3.41. The Morgan fingerprint density at radius 3 is 2.19 bits per heavy atom. The number of imidazole rings is 1. The Morgan fingerprint density at radius 1 is 1.00 bits per heavy atom. The standard InChI is InChI=1S/C22H18ClN3O/c1-15-21(26-13-12-18(23)14-19(26)24-15)22(27)25-20(16-8-4-2-5-9-16)17-10-6-3-7-11-17/h2-14,20H,1H3,(H,25,27). The summed E-state index contributed by atoms with van der Waals surface area (Å²) in [5.74, 6) is -0.181. The first-order valence-electron chi connectivity index (χ1n) is 8.68. The van der Waals surface area contributed by atoms with E-state index in [1.165, 1.54) is 0 Å². The predicted molar refractivity (Wildman–Crippen MR) is 107 cm³/mol. The highest BCUT2D eigenvalue weighted by atomic mass is 35.5. The third kappa shape index (κ3) is 3.44. The van der Waals surface area contributed by atoms with Crippen molar-refractivity contribution in [2.45, 2.75) is 13.0 Å². The number of nitrogens with zero attached hydrogens (tertiary/aromatic N) is 2. The van der Waals surface area contributed by atoms with E-state index in [2.05, 4.69) is 10.3 Å².